The molecule has 0 amide bonds. The average molecular weight is 192 g/mol. The summed E-state index contributed by atoms with van der Waals surface area (Å²) in [5.74, 6) is -1.00. The molecule has 0 heterocycles. The molecule has 0 aliphatic heterocycles. The van der Waals surface area contributed by atoms with Crippen LogP contribution >= 0.6 is 0 Å². The van der Waals surface area contributed by atoms with Crippen molar-refractivity contribution < 1.29 is 24.5 Å². The molecule has 0 spiro atoms. The minimum Gasteiger partial charge on any atom is -0.481 e. The molecule has 2 unspecified atom stereocenters. The molecule has 0 saturated heterocycles. The second-order valence-corrected chi connectivity index (χ2v) is 3.21. The van der Waals surface area contributed by atoms with Gasteiger partial charge in [-0.05, 0) is 13.8 Å². The maximum atomic E-state index is 10.8. The van der Waals surface area contributed by atoms with E-state index in [1.165, 1.54) is 21.0 Å². The molecular formula is C8H16O5. The van der Waals surface area contributed by atoms with Gasteiger partial charge in [0, 0.05) is 7.11 Å². The van der Waals surface area contributed by atoms with Gasteiger partial charge in [0.1, 0.15) is 5.41 Å². The van der Waals surface area contributed by atoms with Gasteiger partial charge >= 0.3 is 5.97 Å². The number of carboxylic acid groups (broad SMARTS) is 1. The Morgan fingerprint density at radius 1 is 1.54 bits per heavy atom. The van der Waals surface area contributed by atoms with Crippen molar-refractivity contribution in [3.63, 3.8) is 0 Å². The third-order valence-corrected chi connectivity index (χ3v) is 1.62. The fourth-order valence-electron chi connectivity index (χ4n) is 0.788. The molecule has 0 fully saturated rings. The molecule has 13 heavy (non-hydrogen) atoms. The molecule has 2 N–H and O–H groups in total. The number of carboxylic acids is 1. The highest BCUT2D eigenvalue weighted by atomic mass is 16.6. The Kier molecular flexibility index (Phi) is 4.90. The van der Waals surface area contributed by atoms with E-state index >= 15 is 0 Å². The summed E-state index contributed by atoms with van der Waals surface area (Å²) in [7, 11) is 1.42. The minimum atomic E-state index is -1.11. The average Bonchev–Trinajstić information content (AvgIpc) is 2.01. The third-order valence-electron chi connectivity index (χ3n) is 1.62. The molecule has 5 heteroatoms. The Balaban J connectivity index is 4.16. The Bertz CT molecular complexity index is 168. The molecule has 0 aliphatic rings. The van der Waals surface area contributed by atoms with Crippen molar-refractivity contribution in [2.45, 2.75) is 20.1 Å². The Hall–Kier alpha value is -0.650. The number of hydrogen-bond donors (Lipinski definition) is 2. The van der Waals surface area contributed by atoms with Crippen LogP contribution in [0.1, 0.15) is 13.8 Å². The SMILES string of the molecule is COCC(C)(COC(C)O)C(=O)O. The van der Waals surface area contributed by atoms with Crippen LogP contribution < -0.4 is 0 Å². The lowest BCUT2D eigenvalue weighted by molar-refractivity contribution is -0.165. The van der Waals surface area contributed by atoms with Crippen molar-refractivity contribution in [2.24, 2.45) is 5.41 Å². The van der Waals surface area contributed by atoms with Crippen LogP contribution in [0.15, 0.2) is 0 Å². The Labute approximate surface area is 77.3 Å². The van der Waals surface area contributed by atoms with Gasteiger partial charge in [-0.3, -0.25) is 4.79 Å². The topological polar surface area (TPSA) is 76.0 Å². The summed E-state index contributed by atoms with van der Waals surface area (Å²) in [6, 6.07) is 0. The van der Waals surface area contributed by atoms with Gasteiger partial charge in [0.05, 0.1) is 13.2 Å². The van der Waals surface area contributed by atoms with Crippen LogP contribution in [0.3, 0.4) is 0 Å². The number of carbonyl (C=O) groups is 1. The van der Waals surface area contributed by atoms with E-state index in [1.807, 2.05) is 0 Å². The smallest absolute Gasteiger partial charge is 0.314 e. The number of rotatable bonds is 6. The van der Waals surface area contributed by atoms with E-state index in [1.54, 1.807) is 0 Å². The van der Waals surface area contributed by atoms with Crippen LogP contribution in [-0.4, -0.2) is 42.8 Å². The molecule has 0 aromatic carbocycles. The van der Waals surface area contributed by atoms with Crippen molar-refractivity contribution >= 4 is 5.97 Å². The van der Waals surface area contributed by atoms with Gasteiger partial charge in [0.2, 0.25) is 0 Å². The Morgan fingerprint density at radius 3 is 2.38 bits per heavy atom. The first kappa shape index (κ1) is 12.3. The van der Waals surface area contributed by atoms with Crippen molar-refractivity contribution in [2.75, 3.05) is 20.3 Å². The predicted molar refractivity (Wildman–Crippen MR) is 45.3 cm³/mol. The first-order chi connectivity index (χ1) is 5.92. The van der Waals surface area contributed by atoms with Gasteiger partial charge in [0.15, 0.2) is 6.29 Å². The summed E-state index contributed by atoms with van der Waals surface area (Å²) in [5, 5.41) is 17.6. The molecule has 0 aromatic heterocycles. The number of methoxy groups -OCH3 is 1. The second kappa shape index (κ2) is 5.16. The highest BCUT2D eigenvalue weighted by molar-refractivity contribution is 5.74. The molecule has 0 radical (unpaired) electrons. The fraction of sp³-hybridized carbons (Fsp3) is 0.875. The molecule has 5 nitrogen and oxygen atoms in total. The quantitative estimate of drug-likeness (QED) is 0.583. The Morgan fingerprint density at radius 2 is 2.08 bits per heavy atom. The molecule has 0 rings (SSSR count). The van der Waals surface area contributed by atoms with E-state index in [0.29, 0.717) is 0 Å². The highest BCUT2D eigenvalue weighted by Crippen LogP contribution is 2.17. The zero-order valence-electron chi connectivity index (χ0n) is 8.11. The zero-order valence-corrected chi connectivity index (χ0v) is 8.11. The monoisotopic (exact) mass is 192 g/mol. The van der Waals surface area contributed by atoms with Crippen LogP contribution in [0.2, 0.25) is 0 Å². The van der Waals surface area contributed by atoms with Gasteiger partial charge in [-0.15, -0.1) is 0 Å². The lowest BCUT2D eigenvalue weighted by Crippen LogP contribution is -2.38. The van der Waals surface area contributed by atoms with Gasteiger partial charge < -0.3 is 19.7 Å². The number of aliphatic carboxylic acids is 1. The number of aliphatic hydroxyl groups excluding tert-OH is 1. The summed E-state index contributed by atoms with van der Waals surface area (Å²) < 4.78 is 9.57. The van der Waals surface area contributed by atoms with E-state index in [0.717, 1.165) is 0 Å². The van der Waals surface area contributed by atoms with Crippen LogP contribution in [0, 0.1) is 5.41 Å². The minimum absolute atomic E-state index is 0.0506. The van der Waals surface area contributed by atoms with Crippen molar-refractivity contribution in [1.29, 1.82) is 0 Å². The fourth-order valence-corrected chi connectivity index (χ4v) is 0.788. The van der Waals surface area contributed by atoms with E-state index in [-0.39, 0.29) is 13.2 Å². The molecule has 0 saturated carbocycles. The van der Waals surface area contributed by atoms with Crippen molar-refractivity contribution in [3.05, 3.63) is 0 Å². The summed E-state index contributed by atoms with van der Waals surface area (Å²) in [5.41, 5.74) is -1.11. The molecule has 2 atom stereocenters. The molecule has 78 valence electrons. The van der Waals surface area contributed by atoms with Gasteiger partial charge in [-0.25, -0.2) is 0 Å². The van der Waals surface area contributed by atoms with E-state index < -0.39 is 17.7 Å². The van der Waals surface area contributed by atoms with Crippen LogP contribution in [0.4, 0.5) is 0 Å². The predicted octanol–water partition coefficient (Wildman–Crippen LogP) is 0.0786. The first-order valence-electron chi connectivity index (χ1n) is 3.94. The molecule has 0 aliphatic carbocycles. The summed E-state index contributed by atoms with van der Waals surface area (Å²) in [4.78, 5) is 10.8. The summed E-state index contributed by atoms with van der Waals surface area (Å²) >= 11 is 0. The van der Waals surface area contributed by atoms with Crippen molar-refractivity contribution in [3.8, 4) is 0 Å². The summed E-state index contributed by atoms with van der Waals surface area (Å²) in [6.45, 7) is 2.90. The van der Waals surface area contributed by atoms with Gasteiger partial charge in [-0.2, -0.15) is 0 Å². The van der Waals surface area contributed by atoms with Crippen molar-refractivity contribution in [1.82, 2.24) is 0 Å². The van der Waals surface area contributed by atoms with Gasteiger partial charge in [-0.1, -0.05) is 0 Å². The van der Waals surface area contributed by atoms with E-state index in [4.69, 9.17) is 19.7 Å². The molecular weight excluding hydrogens is 176 g/mol. The standard InChI is InChI=1S/C8H16O5/c1-6(9)13-5-8(2,4-12-3)7(10)11/h6,9H,4-5H2,1-3H3,(H,10,11). The lowest BCUT2D eigenvalue weighted by Gasteiger charge is -2.24. The zero-order chi connectivity index (χ0) is 10.5. The number of aliphatic hydroxyl groups is 1. The maximum absolute atomic E-state index is 10.8. The molecule has 0 aromatic rings. The first-order valence-corrected chi connectivity index (χ1v) is 3.94. The van der Waals surface area contributed by atoms with Crippen LogP contribution in [0.5, 0.6) is 0 Å². The number of hydrogen-bond acceptors (Lipinski definition) is 4. The lowest BCUT2D eigenvalue weighted by atomic mass is 9.93. The second-order valence-electron chi connectivity index (χ2n) is 3.21. The van der Waals surface area contributed by atoms with Crippen LogP contribution in [-0.2, 0) is 14.3 Å². The highest BCUT2D eigenvalue weighted by Gasteiger charge is 2.34. The maximum Gasteiger partial charge on any atom is 0.314 e. The summed E-state index contributed by atoms with van der Waals surface area (Å²) in [6.07, 6.45) is -0.962. The van der Waals surface area contributed by atoms with Gasteiger partial charge in [0.25, 0.3) is 0 Å². The number of ether oxygens (including phenoxy) is 2. The van der Waals surface area contributed by atoms with E-state index in [2.05, 4.69) is 0 Å². The largest absolute Gasteiger partial charge is 0.481 e. The normalized spacial score (nSPS) is 17.8. The third kappa shape index (κ3) is 4.21. The van der Waals surface area contributed by atoms with Crippen LogP contribution in [0.25, 0.3) is 0 Å². The van der Waals surface area contributed by atoms with E-state index in [9.17, 15) is 4.79 Å². The molecule has 0 bridgehead atoms.